The SMILES string of the molecule is CC#CCS. The molecule has 0 saturated carbocycles. The molecule has 0 radical (unpaired) electrons. The van der Waals surface area contributed by atoms with Crippen molar-refractivity contribution < 1.29 is 0 Å². The lowest BCUT2D eigenvalue weighted by Gasteiger charge is -1.58. The van der Waals surface area contributed by atoms with Gasteiger partial charge in [-0.3, -0.25) is 0 Å². The lowest BCUT2D eigenvalue weighted by molar-refractivity contribution is 1.85. The summed E-state index contributed by atoms with van der Waals surface area (Å²) in [5.41, 5.74) is 0. The highest BCUT2D eigenvalue weighted by Gasteiger charge is 1.48. The Morgan fingerprint density at radius 2 is 2.40 bits per heavy atom. The fourth-order valence-electron chi connectivity index (χ4n) is 0.0791. The van der Waals surface area contributed by atoms with Crippen molar-refractivity contribution >= 4 is 12.6 Å². The van der Waals surface area contributed by atoms with Crippen molar-refractivity contribution in [2.45, 2.75) is 6.92 Å². The fraction of sp³-hybridized carbons (Fsp3) is 0.500. The van der Waals surface area contributed by atoms with Gasteiger partial charge in [-0.15, -0.1) is 5.92 Å². The molecule has 0 nitrogen and oxygen atoms in total. The first kappa shape index (κ1) is 4.91. The van der Waals surface area contributed by atoms with E-state index in [9.17, 15) is 0 Å². The number of thiol groups is 1. The Morgan fingerprint density at radius 1 is 1.80 bits per heavy atom. The summed E-state index contributed by atoms with van der Waals surface area (Å²) in [6.45, 7) is 1.80. The van der Waals surface area contributed by atoms with Crippen molar-refractivity contribution in [3.63, 3.8) is 0 Å². The molecule has 0 N–H and O–H groups in total. The van der Waals surface area contributed by atoms with Gasteiger partial charge < -0.3 is 0 Å². The lowest BCUT2D eigenvalue weighted by Crippen LogP contribution is -1.52. The molecule has 0 saturated heterocycles. The molecule has 0 aliphatic rings. The molecule has 0 rings (SSSR count). The predicted molar refractivity (Wildman–Crippen MR) is 27.3 cm³/mol. The lowest BCUT2D eigenvalue weighted by atomic mass is 10.7. The van der Waals surface area contributed by atoms with E-state index in [4.69, 9.17) is 0 Å². The summed E-state index contributed by atoms with van der Waals surface area (Å²) in [4.78, 5) is 0. The van der Waals surface area contributed by atoms with E-state index in [1.165, 1.54) is 0 Å². The largest absolute Gasteiger partial charge is 0.166 e. The molecule has 0 aliphatic carbocycles. The zero-order chi connectivity index (χ0) is 4.12. The van der Waals surface area contributed by atoms with Crippen LogP contribution in [0.5, 0.6) is 0 Å². The van der Waals surface area contributed by atoms with Gasteiger partial charge in [-0.25, -0.2) is 0 Å². The van der Waals surface area contributed by atoms with Crippen LogP contribution in [-0.4, -0.2) is 5.75 Å². The molecular weight excluding hydrogens is 80.1 g/mol. The number of hydrogen-bond donors (Lipinski definition) is 1. The minimum Gasteiger partial charge on any atom is -0.166 e. The van der Waals surface area contributed by atoms with Gasteiger partial charge in [0.2, 0.25) is 0 Å². The van der Waals surface area contributed by atoms with Crippen molar-refractivity contribution in [2.75, 3.05) is 5.75 Å². The maximum Gasteiger partial charge on any atom is 0.0517 e. The van der Waals surface area contributed by atoms with Gasteiger partial charge in [-0.05, 0) is 6.92 Å². The van der Waals surface area contributed by atoms with Gasteiger partial charge in [0.25, 0.3) is 0 Å². The van der Waals surface area contributed by atoms with E-state index in [1.807, 2.05) is 0 Å². The highest BCUT2D eigenvalue weighted by atomic mass is 32.1. The summed E-state index contributed by atoms with van der Waals surface area (Å²) in [5.74, 6) is 6.09. The molecule has 0 aromatic heterocycles. The molecule has 0 aromatic carbocycles. The maximum atomic E-state index is 3.83. The highest BCUT2D eigenvalue weighted by Crippen LogP contribution is 1.62. The van der Waals surface area contributed by atoms with Crippen LogP contribution in [0.4, 0.5) is 0 Å². The van der Waals surface area contributed by atoms with E-state index in [2.05, 4.69) is 24.5 Å². The Kier molecular flexibility index (Phi) is 3.84. The second kappa shape index (κ2) is 3.91. The molecule has 0 unspecified atom stereocenters. The molecule has 0 atom stereocenters. The second-order valence-corrected chi connectivity index (χ2v) is 0.901. The van der Waals surface area contributed by atoms with Crippen LogP contribution >= 0.6 is 12.6 Å². The van der Waals surface area contributed by atoms with Crippen LogP contribution < -0.4 is 0 Å². The molecule has 0 heterocycles. The minimum atomic E-state index is 0.677. The van der Waals surface area contributed by atoms with Gasteiger partial charge >= 0.3 is 0 Å². The highest BCUT2D eigenvalue weighted by molar-refractivity contribution is 7.80. The minimum absolute atomic E-state index is 0.677. The second-order valence-electron chi connectivity index (χ2n) is 0.585. The third-order valence-electron chi connectivity index (χ3n) is 0.256. The van der Waals surface area contributed by atoms with Crippen molar-refractivity contribution in [1.82, 2.24) is 0 Å². The summed E-state index contributed by atoms with van der Waals surface area (Å²) in [6, 6.07) is 0. The topological polar surface area (TPSA) is 0 Å². The standard InChI is InChI=1S/C4H6S/c1-2-3-4-5/h5H,4H2,1H3. The van der Waals surface area contributed by atoms with Crippen LogP contribution in [0, 0.1) is 11.8 Å². The summed E-state index contributed by atoms with van der Waals surface area (Å²) in [6.07, 6.45) is 0. The maximum absolute atomic E-state index is 3.83. The zero-order valence-corrected chi connectivity index (χ0v) is 4.05. The average molecular weight is 86.2 g/mol. The summed E-state index contributed by atoms with van der Waals surface area (Å²) in [5, 5.41) is 0. The summed E-state index contributed by atoms with van der Waals surface area (Å²) < 4.78 is 0. The first-order valence-electron chi connectivity index (χ1n) is 1.42. The molecule has 0 bridgehead atoms. The van der Waals surface area contributed by atoms with Gasteiger partial charge in [0.15, 0.2) is 0 Å². The van der Waals surface area contributed by atoms with E-state index >= 15 is 0 Å². The molecule has 5 heavy (non-hydrogen) atoms. The Balaban J connectivity index is 2.81. The fourth-order valence-corrected chi connectivity index (χ4v) is 0.237. The summed E-state index contributed by atoms with van der Waals surface area (Å²) in [7, 11) is 0. The first-order valence-corrected chi connectivity index (χ1v) is 2.05. The van der Waals surface area contributed by atoms with Crippen LogP contribution in [0.25, 0.3) is 0 Å². The molecular formula is C4H6S. The van der Waals surface area contributed by atoms with Gasteiger partial charge in [0, 0.05) is 0 Å². The van der Waals surface area contributed by atoms with E-state index in [1.54, 1.807) is 6.92 Å². The van der Waals surface area contributed by atoms with E-state index in [0.717, 1.165) is 0 Å². The molecule has 1 heteroatoms. The van der Waals surface area contributed by atoms with E-state index < -0.39 is 0 Å². The monoisotopic (exact) mass is 86.0 g/mol. The van der Waals surface area contributed by atoms with Crippen LogP contribution in [0.2, 0.25) is 0 Å². The molecule has 0 spiro atoms. The quantitative estimate of drug-likeness (QED) is 0.329. The normalized spacial score (nSPS) is 5.20. The van der Waals surface area contributed by atoms with Gasteiger partial charge in [0.05, 0.1) is 5.75 Å². The van der Waals surface area contributed by atoms with Crippen molar-refractivity contribution in [3.8, 4) is 11.8 Å². The third-order valence-corrected chi connectivity index (χ3v) is 0.414. The van der Waals surface area contributed by atoms with Crippen molar-refractivity contribution in [1.29, 1.82) is 0 Å². The molecule has 0 aromatic rings. The van der Waals surface area contributed by atoms with Gasteiger partial charge in [0.1, 0.15) is 0 Å². The third kappa shape index (κ3) is 3.91. The van der Waals surface area contributed by atoms with E-state index in [-0.39, 0.29) is 0 Å². The van der Waals surface area contributed by atoms with Crippen molar-refractivity contribution in [3.05, 3.63) is 0 Å². The molecule has 0 fully saturated rings. The summed E-state index contributed by atoms with van der Waals surface area (Å²) >= 11 is 3.83. The Morgan fingerprint density at radius 3 is 2.40 bits per heavy atom. The van der Waals surface area contributed by atoms with Crippen LogP contribution in [0.3, 0.4) is 0 Å². The van der Waals surface area contributed by atoms with Gasteiger partial charge in [-0.1, -0.05) is 5.92 Å². The Labute approximate surface area is 38.0 Å². The zero-order valence-electron chi connectivity index (χ0n) is 3.15. The van der Waals surface area contributed by atoms with Crippen LogP contribution in [0.1, 0.15) is 6.92 Å². The first-order chi connectivity index (χ1) is 2.41. The van der Waals surface area contributed by atoms with Crippen molar-refractivity contribution in [2.24, 2.45) is 0 Å². The molecule has 28 valence electrons. The Bertz CT molecular complexity index is 55.8. The average Bonchev–Trinajstić information content (AvgIpc) is 1.41. The Hall–Kier alpha value is -0.0900. The number of rotatable bonds is 0. The smallest absolute Gasteiger partial charge is 0.0517 e. The molecule has 0 aliphatic heterocycles. The van der Waals surface area contributed by atoms with Crippen LogP contribution in [0.15, 0.2) is 0 Å². The van der Waals surface area contributed by atoms with E-state index in [0.29, 0.717) is 5.75 Å². The van der Waals surface area contributed by atoms with Gasteiger partial charge in [-0.2, -0.15) is 12.6 Å². The number of hydrogen-bond acceptors (Lipinski definition) is 1. The molecule has 0 amide bonds. The predicted octanol–water partition coefficient (Wildman–Crippen LogP) is 0.940. The van der Waals surface area contributed by atoms with Crippen LogP contribution in [-0.2, 0) is 0 Å².